The Kier molecular flexibility index (Phi) is 20.4. The molecule has 332 valence electrons. The number of halogens is 2. The van der Waals surface area contributed by atoms with E-state index in [-0.39, 0.29) is 61.9 Å². The van der Waals surface area contributed by atoms with Crippen LogP contribution in [-0.4, -0.2) is 94.6 Å². The third-order valence-corrected chi connectivity index (χ3v) is 11.7. The van der Waals surface area contributed by atoms with E-state index >= 15 is 0 Å². The second-order valence-corrected chi connectivity index (χ2v) is 17.0. The van der Waals surface area contributed by atoms with Crippen molar-refractivity contribution in [1.29, 1.82) is 0 Å². The lowest BCUT2D eigenvalue weighted by Gasteiger charge is -2.37. The molecule has 60 heavy (non-hydrogen) atoms. The van der Waals surface area contributed by atoms with Gasteiger partial charge in [-0.25, -0.2) is 0 Å². The summed E-state index contributed by atoms with van der Waals surface area (Å²) in [5, 5.41) is 37.8. The molecule has 2 heterocycles. The number of rotatable bonds is 16. The van der Waals surface area contributed by atoms with Crippen molar-refractivity contribution in [3.8, 4) is 0 Å². The molecule has 2 unspecified atom stereocenters. The molecule has 2 aromatic carbocycles. The summed E-state index contributed by atoms with van der Waals surface area (Å²) in [5.41, 5.74) is 0.748. The van der Waals surface area contributed by atoms with Crippen molar-refractivity contribution >= 4 is 41.6 Å². The highest BCUT2D eigenvalue weighted by Crippen LogP contribution is 2.39. The zero-order chi connectivity index (χ0) is 44.6. The number of hydrogen-bond donors (Lipinski definition) is 5. The van der Waals surface area contributed by atoms with Gasteiger partial charge in [-0.1, -0.05) is 92.5 Å². The topological polar surface area (TPSA) is 176 Å². The minimum atomic E-state index is -1.46. The van der Waals surface area contributed by atoms with Crippen LogP contribution in [-0.2, 0) is 46.4 Å². The van der Waals surface area contributed by atoms with Gasteiger partial charge in [-0.15, -0.1) is 0 Å². The van der Waals surface area contributed by atoms with Crippen LogP contribution in [0, 0.1) is 11.8 Å². The molecular formula is C46H64Cl2N2O10. The molecule has 0 saturated carbocycles. The molecule has 0 aliphatic carbocycles. The van der Waals surface area contributed by atoms with Crippen LogP contribution in [0.25, 0.3) is 0 Å². The van der Waals surface area contributed by atoms with Gasteiger partial charge in [0.25, 0.3) is 6.47 Å². The Hall–Kier alpha value is -3.59. The lowest BCUT2D eigenvalue weighted by molar-refractivity contribution is -0.157. The summed E-state index contributed by atoms with van der Waals surface area (Å²) in [6, 6.07) is 15.3. The number of carboxylic acid groups (broad SMARTS) is 1. The molecule has 2 aliphatic heterocycles. The van der Waals surface area contributed by atoms with Gasteiger partial charge >= 0.3 is 11.9 Å². The minimum absolute atomic E-state index is 0.0323. The van der Waals surface area contributed by atoms with Gasteiger partial charge in [0.1, 0.15) is 23.9 Å². The second-order valence-electron chi connectivity index (χ2n) is 16.2. The molecule has 2 aromatic rings. The number of carbonyl (C=O) groups excluding carboxylic acids is 2. The van der Waals surface area contributed by atoms with E-state index in [9.17, 15) is 19.8 Å². The molecule has 1 saturated heterocycles. The molecule has 4 rings (SSSR count). The fourth-order valence-electron chi connectivity index (χ4n) is 7.58. The lowest BCUT2D eigenvalue weighted by atomic mass is 9.84. The number of ether oxygens (including phenoxy) is 4. The minimum Gasteiger partial charge on any atom is -0.483 e. The molecule has 12 nitrogen and oxygen atoms in total. The zero-order valence-corrected chi connectivity index (χ0v) is 37.5. The predicted molar refractivity (Wildman–Crippen MR) is 233 cm³/mol. The van der Waals surface area contributed by atoms with Crippen LogP contribution < -0.4 is 10.6 Å². The number of benzene rings is 2. The monoisotopic (exact) mass is 874 g/mol. The van der Waals surface area contributed by atoms with Crippen LogP contribution in [0.15, 0.2) is 84.5 Å². The molecule has 2 aliphatic rings. The Morgan fingerprint density at radius 3 is 2.18 bits per heavy atom. The predicted octanol–water partition coefficient (Wildman–Crippen LogP) is 7.36. The van der Waals surface area contributed by atoms with Crippen molar-refractivity contribution in [3.05, 3.63) is 106 Å². The van der Waals surface area contributed by atoms with Gasteiger partial charge in [-0.2, -0.15) is 0 Å². The normalized spacial score (nSPS) is 28.0. The number of esters is 2. The molecular weight excluding hydrogens is 811 g/mol. The smallest absolute Gasteiger partial charge is 0.309 e. The van der Waals surface area contributed by atoms with E-state index in [0.29, 0.717) is 23.1 Å². The Morgan fingerprint density at radius 2 is 1.63 bits per heavy atom. The Morgan fingerprint density at radius 1 is 1.05 bits per heavy atom. The van der Waals surface area contributed by atoms with E-state index in [1.807, 2.05) is 74.5 Å². The van der Waals surface area contributed by atoms with Gasteiger partial charge in [0.15, 0.2) is 0 Å². The van der Waals surface area contributed by atoms with E-state index in [2.05, 4.69) is 37.5 Å². The number of aliphatic hydroxyl groups is 2. The highest BCUT2D eigenvalue weighted by Gasteiger charge is 2.54. The molecule has 14 heteroatoms. The van der Waals surface area contributed by atoms with Gasteiger partial charge in [0, 0.05) is 49.0 Å². The summed E-state index contributed by atoms with van der Waals surface area (Å²) in [4.78, 5) is 33.5. The first-order chi connectivity index (χ1) is 28.4. The highest BCUT2D eigenvalue weighted by atomic mass is 35.5. The molecule has 0 bridgehead atoms. The number of epoxide rings is 1. The average molecular weight is 876 g/mol. The Balaban J connectivity index is 0.00000311. The van der Waals surface area contributed by atoms with Crippen molar-refractivity contribution < 1.29 is 48.7 Å². The number of allylic oxidation sites excluding steroid dienone is 2. The van der Waals surface area contributed by atoms with E-state index < -0.39 is 41.4 Å². The van der Waals surface area contributed by atoms with Gasteiger partial charge in [-0.05, 0) is 87.1 Å². The van der Waals surface area contributed by atoms with Crippen molar-refractivity contribution in [2.45, 2.75) is 141 Å². The van der Waals surface area contributed by atoms with E-state index in [0.717, 1.165) is 23.1 Å². The van der Waals surface area contributed by atoms with Crippen LogP contribution in [0.2, 0.25) is 10.0 Å². The SMILES string of the molecule is CC[C@H](OC)[C@@H](C)[C@H]1O[C@H]1C(NCc1ccc(Cl)cc1)C(C)(/C=C/C=C(\C)[C@@H]1OC(=O)C[C@H](O)CC[C@@](C)(O)[C@@H](OC(C)=O)/C=C/[C@@H]1C)NCc1ccc(Cl)cc1.O=CO. The third-order valence-electron chi connectivity index (χ3n) is 11.2. The van der Waals surface area contributed by atoms with Gasteiger partial charge in [0.05, 0.1) is 36.3 Å². The molecule has 0 aromatic heterocycles. The number of methoxy groups -OCH3 is 1. The summed E-state index contributed by atoms with van der Waals surface area (Å²) < 4.78 is 23.8. The van der Waals surface area contributed by atoms with Crippen LogP contribution in [0.1, 0.15) is 85.3 Å². The van der Waals surface area contributed by atoms with Crippen molar-refractivity contribution in [2.75, 3.05) is 7.11 Å². The Labute approximate surface area is 365 Å². The van der Waals surface area contributed by atoms with Crippen molar-refractivity contribution in [3.63, 3.8) is 0 Å². The Bertz CT molecular complexity index is 1750. The van der Waals surface area contributed by atoms with Gasteiger partial charge < -0.3 is 44.9 Å². The number of carbonyl (C=O) groups is 3. The zero-order valence-electron chi connectivity index (χ0n) is 36.0. The standard InChI is InChI=1S/C45H62Cl2N2O8.CH2O2/c1-9-37(54-8)30(4)41-42(57-41)43(48-26-32-13-17-34(46)18-14-32)44(6,49-27-33-15-19-35(47)20-16-33)23-10-11-28(2)40-29(3)12-21-38(55-31(5)50)45(7,53)24-22-36(51)25-39(52)56-40;2-1-3/h10-21,23,29-30,36-38,40-43,48-49,51,53H,9,22,24-27H2,1-8H3;1H,(H,2,3)/b21-12+,23-10+,28-11+;/t29-,30+,36+,37-,38-,40-,41+,42+,43?,44?,45+;/m0./s1. The maximum absolute atomic E-state index is 13.1. The summed E-state index contributed by atoms with van der Waals surface area (Å²) in [5.74, 6) is -1.30. The fraction of sp³-hybridized carbons (Fsp3) is 0.543. The summed E-state index contributed by atoms with van der Waals surface area (Å²) in [6.07, 6.45) is 7.47. The summed E-state index contributed by atoms with van der Waals surface area (Å²) in [6.45, 7) is 13.9. The lowest BCUT2D eigenvalue weighted by Crippen LogP contribution is -2.59. The fourth-order valence-corrected chi connectivity index (χ4v) is 7.84. The molecule has 5 N–H and O–H groups in total. The highest BCUT2D eigenvalue weighted by molar-refractivity contribution is 6.30. The molecule has 11 atom stereocenters. The quantitative estimate of drug-likeness (QED) is 0.0373. The first-order valence-electron chi connectivity index (χ1n) is 20.4. The second kappa shape index (κ2) is 24.2. The van der Waals surface area contributed by atoms with Crippen LogP contribution in [0.5, 0.6) is 0 Å². The summed E-state index contributed by atoms with van der Waals surface area (Å²) in [7, 11) is 1.74. The van der Waals surface area contributed by atoms with E-state index in [4.69, 9.17) is 52.1 Å². The number of cyclic esters (lactones) is 1. The van der Waals surface area contributed by atoms with Crippen molar-refractivity contribution in [1.82, 2.24) is 10.6 Å². The average Bonchev–Trinajstić information content (AvgIpc) is 3.99. The summed E-state index contributed by atoms with van der Waals surface area (Å²) >= 11 is 12.4. The van der Waals surface area contributed by atoms with Crippen LogP contribution >= 0.6 is 23.2 Å². The number of aliphatic hydroxyl groups excluding tert-OH is 1. The molecule has 1 fully saturated rings. The van der Waals surface area contributed by atoms with Crippen LogP contribution in [0.3, 0.4) is 0 Å². The largest absolute Gasteiger partial charge is 0.483 e. The third kappa shape index (κ3) is 15.7. The first-order valence-corrected chi connectivity index (χ1v) is 21.2. The molecule has 0 spiro atoms. The molecule has 0 amide bonds. The molecule has 0 radical (unpaired) electrons. The number of nitrogens with one attached hydrogen (secondary N) is 2. The van der Waals surface area contributed by atoms with Crippen LogP contribution in [0.4, 0.5) is 0 Å². The maximum atomic E-state index is 13.1. The maximum Gasteiger partial charge on any atom is 0.309 e. The van der Waals surface area contributed by atoms with E-state index in [1.54, 1.807) is 26.2 Å². The first kappa shape index (κ1) is 50.8. The number of hydrogen-bond acceptors (Lipinski definition) is 11. The van der Waals surface area contributed by atoms with Crippen molar-refractivity contribution in [2.24, 2.45) is 11.8 Å². The van der Waals surface area contributed by atoms with Gasteiger partial charge in [-0.3, -0.25) is 14.4 Å². The van der Waals surface area contributed by atoms with E-state index in [1.165, 1.54) is 6.92 Å². The van der Waals surface area contributed by atoms with Gasteiger partial charge in [0.2, 0.25) is 0 Å².